The lowest BCUT2D eigenvalue weighted by molar-refractivity contribution is -0.139. The fourth-order valence-corrected chi connectivity index (χ4v) is 4.75. The van der Waals surface area contributed by atoms with E-state index in [9.17, 15) is 9.18 Å². The number of likely N-dealkylation sites (tertiary alicyclic amines) is 1. The van der Waals surface area contributed by atoms with Crippen LogP contribution < -0.4 is 4.74 Å². The normalized spacial score (nSPS) is 16.3. The third-order valence-electron chi connectivity index (χ3n) is 5.00. The summed E-state index contributed by atoms with van der Waals surface area (Å²) in [6.07, 6.45) is 1.15. The molecule has 7 heteroatoms. The van der Waals surface area contributed by atoms with E-state index in [0.717, 1.165) is 28.1 Å². The number of benzene rings is 2. The Balaban J connectivity index is 1.36. The Labute approximate surface area is 171 Å². The Morgan fingerprint density at radius 2 is 1.96 bits per heavy atom. The predicted octanol–water partition coefficient (Wildman–Crippen LogP) is 5.26. The van der Waals surface area contributed by atoms with Crippen molar-refractivity contribution in [3.8, 4) is 5.75 Å². The molecule has 0 radical (unpaired) electrons. The van der Waals surface area contributed by atoms with Gasteiger partial charge in [-0.3, -0.25) is 4.79 Å². The van der Waals surface area contributed by atoms with Crippen LogP contribution in [-0.4, -0.2) is 35.0 Å². The molecule has 1 aliphatic rings. The maximum absolute atomic E-state index is 13.0. The Hall–Kier alpha value is -2.18. The molecule has 0 bridgehead atoms. The molecule has 0 saturated carbocycles. The van der Waals surface area contributed by atoms with E-state index >= 15 is 0 Å². The Kier molecular flexibility index (Phi) is 5.51. The van der Waals surface area contributed by atoms with Crippen LogP contribution in [0.1, 0.15) is 30.7 Å². The second kappa shape index (κ2) is 8.05. The monoisotopic (exact) mass is 418 g/mol. The van der Waals surface area contributed by atoms with E-state index in [0.29, 0.717) is 29.8 Å². The minimum atomic E-state index is -0.605. The first kappa shape index (κ1) is 19.2. The van der Waals surface area contributed by atoms with Crippen molar-refractivity contribution in [3.05, 3.63) is 58.3 Å². The van der Waals surface area contributed by atoms with E-state index in [-0.39, 0.29) is 11.7 Å². The molecule has 0 unspecified atom stereocenters. The Morgan fingerprint density at radius 1 is 1.25 bits per heavy atom. The SMILES string of the molecule is C[C@H](Oc1ccc(F)cc1)C(=O)N1CCC(c2nc3cc(Cl)ccc3s2)CC1. The van der Waals surface area contributed by atoms with Crippen LogP contribution in [0.2, 0.25) is 5.02 Å². The zero-order valence-corrected chi connectivity index (χ0v) is 17.0. The third kappa shape index (κ3) is 4.13. The summed E-state index contributed by atoms with van der Waals surface area (Å²) in [5, 5.41) is 1.81. The van der Waals surface area contributed by atoms with E-state index < -0.39 is 6.10 Å². The molecule has 1 atom stereocenters. The van der Waals surface area contributed by atoms with Gasteiger partial charge in [0.2, 0.25) is 0 Å². The molecule has 0 aliphatic carbocycles. The molecule has 4 rings (SSSR count). The Bertz CT molecular complexity index is 984. The van der Waals surface area contributed by atoms with E-state index in [4.69, 9.17) is 21.3 Å². The van der Waals surface area contributed by atoms with Crippen LogP contribution in [0, 0.1) is 5.82 Å². The molecule has 3 aromatic rings. The van der Waals surface area contributed by atoms with Crippen molar-refractivity contribution >= 4 is 39.1 Å². The van der Waals surface area contributed by atoms with Gasteiger partial charge in [0.15, 0.2) is 6.10 Å². The molecule has 28 heavy (non-hydrogen) atoms. The number of carbonyl (C=O) groups is 1. The van der Waals surface area contributed by atoms with Crippen molar-refractivity contribution in [2.75, 3.05) is 13.1 Å². The van der Waals surface area contributed by atoms with Crippen LogP contribution in [0.3, 0.4) is 0 Å². The molecule has 1 aliphatic heterocycles. The number of thiazole rings is 1. The van der Waals surface area contributed by atoms with Crippen LogP contribution >= 0.6 is 22.9 Å². The second-order valence-electron chi connectivity index (χ2n) is 6.98. The number of rotatable bonds is 4. The zero-order valence-electron chi connectivity index (χ0n) is 15.4. The highest BCUT2D eigenvalue weighted by Crippen LogP contribution is 2.34. The number of hydrogen-bond donors (Lipinski definition) is 0. The number of ether oxygens (including phenoxy) is 1. The smallest absolute Gasteiger partial charge is 0.263 e. The molecule has 2 heterocycles. The van der Waals surface area contributed by atoms with Gasteiger partial charge in [-0.2, -0.15) is 0 Å². The van der Waals surface area contributed by atoms with Gasteiger partial charge in [-0.1, -0.05) is 11.6 Å². The summed E-state index contributed by atoms with van der Waals surface area (Å²) in [6, 6.07) is 11.5. The third-order valence-corrected chi connectivity index (χ3v) is 6.43. The highest BCUT2D eigenvalue weighted by atomic mass is 35.5. The first-order chi connectivity index (χ1) is 13.5. The summed E-state index contributed by atoms with van der Waals surface area (Å²) in [4.78, 5) is 19.3. The maximum Gasteiger partial charge on any atom is 0.263 e. The minimum absolute atomic E-state index is 0.0427. The molecule has 4 nitrogen and oxygen atoms in total. The van der Waals surface area contributed by atoms with Crippen molar-refractivity contribution < 1.29 is 13.9 Å². The summed E-state index contributed by atoms with van der Waals surface area (Å²) < 4.78 is 19.8. The standard InChI is InChI=1S/C21H20ClFN2O2S/c1-13(27-17-5-3-16(23)4-6-17)21(26)25-10-8-14(9-11-25)20-24-18-12-15(22)2-7-19(18)28-20/h2-7,12-14H,8-11H2,1H3/t13-/m0/s1. The van der Waals surface area contributed by atoms with Crippen LogP contribution in [0.25, 0.3) is 10.2 Å². The van der Waals surface area contributed by atoms with Gasteiger partial charge in [0, 0.05) is 24.0 Å². The van der Waals surface area contributed by atoms with Gasteiger partial charge in [0.05, 0.1) is 15.2 Å². The topological polar surface area (TPSA) is 42.4 Å². The van der Waals surface area contributed by atoms with Crippen molar-refractivity contribution in [2.24, 2.45) is 0 Å². The molecule has 0 spiro atoms. The summed E-state index contributed by atoms with van der Waals surface area (Å²) in [6.45, 7) is 3.09. The Morgan fingerprint density at radius 3 is 2.68 bits per heavy atom. The van der Waals surface area contributed by atoms with E-state index in [1.165, 1.54) is 24.3 Å². The van der Waals surface area contributed by atoms with Crippen molar-refractivity contribution in [1.82, 2.24) is 9.88 Å². The summed E-state index contributed by atoms with van der Waals surface area (Å²) >= 11 is 7.76. The maximum atomic E-state index is 13.0. The second-order valence-corrected chi connectivity index (χ2v) is 8.48. The largest absolute Gasteiger partial charge is 0.481 e. The van der Waals surface area contributed by atoms with Gasteiger partial charge in [-0.15, -0.1) is 11.3 Å². The fourth-order valence-electron chi connectivity index (χ4n) is 3.46. The van der Waals surface area contributed by atoms with E-state index in [1.54, 1.807) is 18.3 Å². The van der Waals surface area contributed by atoms with Gasteiger partial charge < -0.3 is 9.64 Å². The molecular formula is C21H20ClFN2O2S. The van der Waals surface area contributed by atoms with Gasteiger partial charge in [0.25, 0.3) is 5.91 Å². The van der Waals surface area contributed by atoms with E-state index in [1.807, 2.05) is 23.1 Å². The molecule has 1 amide bonds. The van der Waals surface area contributed by atoms with Crippen LogP contribution in [0.15, 0.2) is 42.5 Å². The molecule has 0 N–H and O–H groups in total. The lowest BCUT2D eigenvalue weighted by atomic mass is 9.97. The van der Waals surface area contributed by atoms with Crippen LogP contribution in [0.4, 0.5) is 4.39 Å². The average Bonchev–Trinajstić information content (AvgIpc) is 3.12. The zero-order chi connectivity index (χ0) is 19.7. The minimum Gasteiger partial charge on any atom is -0.481 e. The molecular weight excluding hydrogens is 399 g/mol. The summed E-state index contributed by atoms with van der Waals surface area (Å²) in [7, 11) is 0. The van der Waals surface area contributed by atoms with Gasteiger partial charge in [0.1, 0.15) is 11.6 Å². The summed E-state index contributed by atoms with van der Waals surface area (Å²) in [5.41, 5.74) is 0.937. The number of piperidine rings is 1. The lowest BCUT2D eigenvalue weighted by Crippen LogP contribution is -2.44. The predicted molar refractivity (Wildman–Crippen MR) is 110 cm³/mol. The number of nitrogens with zero attached hydrogens (tertiary/aromatic N) is 2. The fraction of sp³-hybridized carbons (Fsp3) is 0.333. The number of aromatic nitrogens is 1. The van der Waals surface area contributed by atoms with Crippen LogP contribution in [0.5, 0.6) is 5.75 Å². The van der Waals surface area contributed by atoms with Crippen molar-refractivity contribution in [1.29, 1.82) is 0 Å². The van der Waals surface area contributed by atoms with E-state index in [2.05, 4.69) is 0 Å². The number of amides is 1. The molecule has 1 saturated heterocycles. The molecule has 146 valence electrons. The van der Waals surface area contributed by atoms with Crippen molar-refractivity contribution in [2.45, 2.75) is 31.8 Å². The first-order valence-corrected chi connectivity index (χ1v) is 10.5. The molecule has 2 aromatic carbocycles. The summed E-state index contributed by atoms with van der Waals surface area (Å²) in [5.74, 6) is 0.475. The number of fused-ring (bicyclic) bond motifs is 1. The first-order valence-electron chi connectivity index (χ1n) is 9.26. The highest BCUT2D eigenvalue weighted by molar-refractivity contribution is 7.18. The number of hydrogen-bond acceptors (Lipinski definition) is 4. The molecule has 1 aromatic heterocycles. The quantitative estimate of drug-likeness (QED) is 0.580. The van der Waals surface area contributed by atoms with Crippen molar-refractivity contribution in [3.63, 3.8) is 0 Å². The lowest BCUT2D eigenvalue weighted by Gasteiger charge is -2.32. The van der Waals surface area contributed by atoms with Gasteiger partial charge in [-0.25, -0.2) is 9.37 Å². The number of halogens is 2. The van der Waals surface area contributed by atoms with Gasteiger partial charge in [-0.05, 0) is 62.2 Å². The number of carbonyl (C=O) groups excluding carboxylic acids is 1. The average molecular weight is 419 g/mol. The van der Waals surface area contributed by atoms with Gasteiger partial charge >= 0.3 is 0 Å². The van der Waals surface area contributed by atoms with Crippen LogP contribution in [-0.2, 0) is 4.79 Å². The highest BCUT2D eigenvalue weighted by Gasteiger charge is 2.29. The molecule has 1 fully saturated rings.